The molecule has 1 saturated heterocycles. The van der Waals surface area contributed by atoms with E-state index < -0.39 is 0 Å². The zero-order chi connectivity index (χ0) is 21.7. The minimum atomic E-state index is -0.306. The maximum absolute atomic E-state index is 13.1. The highest BCUT2D eigenvalue weighted by molar-refractivity contribution is 9.10. The summed E-state index contributed by atoms with van der Waals surface area (Å²) in [6.45, 7) is 10.4. The molecule has 1 aromatic heterocycles. The fourth-order valence-electron chi connectivity index (χ4n) is 3.11. The number of rotatable bonds is 6. The molecule has 30 heavy (non-hydrogen) atoms. The zero-order valence-electron chi connectivity index (χ0n) is 17.7. The van der Waals surface area contributed by atoms with Crippen molar-refractivity contribution in [3.63, 3.8) is 0 Å². The fraction of sp³-hybridized carbons (Fsp3) is 0.476. The van der Waals surface area contributed by atoms with Crippen LogP contribution in [0.15, 0.2) is 29.0 Å². The zero-order valence-corrected chi connectivity index (χ0v) is 19.3. The molecule has 1 unspecified atom stereocenters. The molecule has 1 aliphatic rings. The average Bonchev–Trinajstić information content (AvgIpc) is 2.72. The number of nitrogens with one attached hydrogen (secondary N) is 2. The number of hydrogen-bond acceptors (Lipinski definition) is 6. The van der Waals surface area contributed by atoms with Crippen LogP contribution in [0.3, 0.4) is 0 Å². The summed E-state index contributed by atoms with van der Waals surface area (Å²) in [5.74, 6) is 1.02. The molecule has 1 atom stereocenters. The van der Waals surface area contributed by atoms with Gasteiger partial charge in [0, 0.05) is 23.6 Å². The van der Waals surface area contributed by atoms with Crippen molar-refractivity contribution < 1.29 is 14.3 Å². The Balaban J connectivity index is 1.85. The summed E-state index contributed by atoms with van der Waals surface area (Å²) in [4.78, 5) is 23.2. The highest BCUT2D eigenvalue weighted by atomic mass is 79.9. The number of carbonyl (C=O) groups is 1. The third kappa shape index (κ3) is 5.68. The predicted molar refractivity (Wildman–Crippen MR) is 120 cm³/mol. The molecular formula is C21H28BrN5O3. The van der Waals surface area contributed by atoms with Crippen LogP contribution < -0.4 is 20.3 Å². The standard InChI is InChI=1S/C21H28BrN5O3/c1-13(2)27(21(28)26-20-11-24-15(4)9-25-20)18-8-17(22)14(3)7-19(18)30-12-16-10-23-5-6-29-16/h7-9,11,13,16,23H,5-6,10,12H2,1-4H3,(H,25,26,28). The molecule has 0 saturated carbocycles. The van der Waals surface area contributed by atoms with E-state index in [0.717, 1.165) is 28.8 Å². The molecule has 0 spiro atoms. The number of morpholine rings is 1. The van der Waals surface area contributed by atoms with Gasteiger partial charge in [-0.2, -0.15) is 0 Å². The Hall–Kier alpha value is -2.23. The molecular weight excluding hydrogens is 450 g/mol. The van der Waals surface area contributed by atoms with Gasteiger partial charge in [-0.25, -0.2) is 9.78 Å². The number of aryl methyl sites for hydroxylation is 2. The summed E-state index contributed by atoms with van der Waals surface area (Å²) < 4.78 is 12.8. The molecule has 3 rings (SSSR count). The van der Waals surface area contributed by atoms with E-state index in [1.165, 1.54) is 0 Å². The Morgan fingerprint density at radius 2 is 2.17 bits per heavy atom. The number of carbonyl (C=O) groups excluding carboxylic acids is 1. The first kappa shape index (κ1) is 22.5. The SMILES string of the molecule is Cc1cnc(NC(=O)N(c2cc(Br)c(C)cc2OCC2CNCCO2)C(C)C)cn1. The monoisotopic (exact) mass is 477 g/mol. The van der Waals surface area contributed by atoms with Crippen molar-refractivity contribution in [1.82, 2.24) is 15.3 Å². The van der Waals surface area contributed by atoms with Crippen LogP contribution >= 0.6 is 15.9 Å². The molecule has 8 nitrogen and oxygen atoms in total. The van der Waals surface area contributed by atoms with Crippen molar-refractivity contribution in [3.8, 4) is 5.75 Å². The summed E-state index contributed by atoms with van der Waals surface area (Å²) in [7, 11) is 0. The number of nitrogens with zero attached hydrogens (tertiary/aromatic N) is 3. The lowest BCUT2D eigenvalue weighted by Gasteiger charge is -2.30. The first-order chi connectivity index (χ1) is 14.3. The van der Waals surface area contributed by atoms with Gasteiger partial charge in [-0.3, -0.25) is 15.2 Å². The summed E-state index contributed by atoms with van der Waals surface area (Å²) in [5.41, 5.74) is 2.47. The van der Waals surface area contributed by atoms with Crippen molar-refractivity contribution in [1.29, 1.82) is 0 Å². The van der Waals surface area contributed by atoms with Crippen LogP contribution in [0.25, 0.3) is 0 Å². The summed E-state index contributed by atoms with van der Waals surface area (Å²) in [6.07, 6.45) is 3.13. The van der Waals surface area contributed by atoms with Crippen molar-refractivity contribution in [2.75, 3.05) is 36.5 Å². The van der Waals surface area contributed by atoms with Gasteiger partial charge in [-0.1, -0.05) is 15.9 Å². The van der Waals surface area contributed by atoms with Crippen LogP contribution in [-0.2, 0) is 4.74 Å². The van der Waals surface area contributed by atoms with Crippen molar-refractivity contribution in [2.24, 2.45) is 0 Å². The molecule has 2 heterocycles. The van der Waals surface area contributed by atoms with Gasteiger partial charge in [0.05, 0.1) is 30.4 Å². The molecule has 2 aromatic rings. The smallest absolute Gasteiger partial charge is 0.327 e. The van der Waals surface area contributed by atoms with E-state index in [2.05, 4.69) is 36.5 Å². The van der Waals surface area contributed by atoms with Gasteiger partial charge in [-0.05, 0) is 45.4 Å². The van der Waals surface area contributed by atoms with Crippen LogP contribution in [0.2, 0.25) is 0 Å². The van der Waals surface area contributed by atoms with E-state index in [9.17, 15) is 4.79 Å². The molecule has 9 heteroatoms. The topological polar surface area (TPSA) is 88.6 Å². The minimum Gasteiger partial charge on any atom is -0.489 e. The van der Waals surface area contributed by atoms with E-state index in [0.29, 0.717) is 30.5 Å². The second-order valence-corrected chi connectivity index (χ2v) is 8.37. The van der Waals surface area contributed by atoms with Crippen LogP contribution in [-0.4, -0.2) is 54.4 Å². The highest BCUT2D eigenvalue weighted by Crippen LogP contribution is 2.36. The van der Waals surface area contributed by atoms with Gasteiger partial charge < -0.3 is 14.8 Å². The third-order valence-corrected chi connectivity index (χ3v) is 5.53. The lowest BCUT2D eigenvalue weighted by atomic mass is 10.1. The quantitative estimate of drug-likeness (QED) is 0.659. The van der Waals surface area contributed by atoms with Crippen LogP contribution in [0.1, 0.15) is 25.1 Å². The second-order valence-electron chi connectivity index (χ2n) is 7.51. The third-order valence-electron chi connectivity index (χ3n) is 4.68. The number of hydrogen-bond donors (Lipinski definition) is 2. The Morgan fingerprint density at radius 1 is 1.37 bits per heavy atom. The molecule has 1 aromatic carbocycles. The molecule has 1 fully saturated rings. The molecule has 0 radical (unpaired) electrons. The average molecular weight is 478 g/mol. The number of ether oxygens (including phenoxy) is 2. The van der Waals surface area contributed by atoms with Gasteiger partial charge in [0.25, 0.3) is 0 Å². The largest absolute Gasteiger partial charge is 0.489 e. The Bertz CT molecular complexity index is 870. The predicted octanol–water partition coefficient (Wildman–Crippen LogP) is 3.67. The van der Waals surface area contributed by atoms with Crippen molar-refractivity contribution in [3.05, 3.63) is 40.3 Å². The molecule has 162 valence electrons. The molecule has 0 aliphatic carbocycles. The molecule has 2 amide bonds. The normalized spacial score (nSPS) is 16.4. The first-order valence-corrected chi connectivity index (χ1v) is 10.8. The van der Waals surface area contributed by atoms with Gasteiger partial charge in [0.2, 0.25) is 0 Å². The van der Waals surface area contributed by atoms with E-state index in [4.69, 9.17) is 9.47 Å². The minimum absolute atomic E-state index is 0.0280. The van der Waals surface area contributed by atoms with Crippen molar-refractivity contribution in [2.45, 2.75) is 39.8 Å². The fourth-order valence-corrected chi connectivity index (χ4v) is 3.44. The number of amides is 2. The van der Waals surface area contributed by atoms with Gasteiger partial charge in [-0.15, -0.1) is 0 Å². The number of halogens is 1. The van der Waals surface area contributed by atoms with E-state index in [1.54, 1.807) is 17.3 Å². The Labute approximate surface area is 185 Å². The maximum Gasteiger partial charge on any atom is 0.327 e. The Morgan fingerprint density at radius 3 is 2.80 bits per heavy atom. The van der Waals surface area contributed by atoms with Crippen LogP contribution in [0.4, 0.5) is 16.3 Å². The van der Waals surface area contributed by atoms with Crippen LogP contribution in [0, 0.1) is 13.8 Å². The van der Waals surface area contributed by atoms with Gasteiger partial charge in [0.15, 0.2) is 5.82 Å². The number of urea groups is 1. The first-order valence-electron chi connectivity index (χ1n) is 9.99. The van der Waals surface area contributed by atoms with E-state index in [1.807, 2.05) is 39.8 Å². The van der Waals surface area contributed by atoms with Gasteiger partial charge in [0.1, 0.15) is 18.5 Å². The van der Waals surface area contributed by atoms with Crippen molar-refractivity contribution >= 4 is 33.5 Å². The number of benzene rings is 1. The van der Waals surface area contributed by atoms with E-state index >= 15 is 0 Å². The van der Waals surface area contributed by atoms with Gasteiger partial charge >= 0.3 is 6.03 Å². The summed E-state index contributed by atoms with van der Waals surface area (Å²) >= 11 is 3.58. The molecule has 1 aliphatic heterocycles. The molecule has 0 bridgehead atoms. The summed E-state index contributed by atoms with van der Waals surface area (Å²) in [6, 6.07) is 3.42. The number of aromatic nitrogens is 2. The molecule has 2 N–H and O–H groups in total. The highest BCUT2D eigenvalue weighted by Gasteiger charge is 2.25. The lowest BCUT2D eigenvalue weighted by molar-refractivity contribution is 0.000287. The Kier molecular flexibility index (Phi) is 7.63. The maximum atomic E-state index is 13.1. The number of anilines is 2. The van der Waals surface area contributed by atoms with Crippen LogP contribution in [0.5, 0.6) is 5.75 Å². The lowest BCUT2D eigenvalue weighted by Crippen LogP contribution is -2.42. The second kappa shape index (κ2) is 10.2. The van der Waals surface area contributed by atoms with E-state index in [-0.39, 0.29) is 18.2 Å². The summed E-state index contributed by atoms with van der Waals surface area (Å²) in [5, 5.41) is 6.12.